The summed E-state index contributed by atoms with van der Waals surface area (Å²) in [7, 11) is 0. The van der Waals surface area contributed by atoms with Crippen molar-refractivity contribution in [3.63, 3.8) is 0 Å². The zero-order chi connectivity index (χ0) is 12.4. The summed E-state index contributed by atoms with van der Waals surface area (Å²) >= 11 is 0. The molecule has 0 heterocycles. The predicted molar refractivity (Wildman–Crippen MR) is 66.1 cm³/mol. The van der Waals surface area contributed by atoms with Gasteiger partial charge in [-0.3, -0.25) is 0 Å². The zero-order valence-corrected chi connectivity index (χ0v) is 9.38. The van der Waals surface area contributed by atoms with Crippen LogP contribution in [0.15, 0.2) is 36.4 Å². The minimum atomic E-state index is -0.995. The molecule has 1 unspecified atom stereocenters. The van der Waals surface area contributed by atoms with Crippen molar-refractivity contribution in [3.8, 4) is 5.75 Å². The maximum atomic E-state index is 10.8. The molecule has 17 heavy (non-hydrogen) atoms. The van der Waals surface area contributed by atoms with Crippen molar-refractivity contribution in [1.29, 1.82) is 0 Å². The molecule has 0 bridgehead atoms. The van der Waals surface area contributed by atoms with Crippen LogP contribution < -0.4 is 10.5 Å². The topological polar surface area (TPSA) is 72.5 Å². The van der Waals surface area contributed by atoms with Gasteiger partial charge in [-0.25, -0.2) is 4.79 Å². The molecule has 4 nitrogen and oxygen atoms in total. The molecule has 0 aliphatic heterocycles. The van der Waals surface area contributed by atoms with Gasteiger partial charge in [0.1, 0.15) is 5.75 Å². The summed E-state index contributed by atoms with van der Waals surface area (Å²) in [5, 5.41) is 10.5. The van der Waals surface area contributed by atoms with Crippen LogP contribution in [0.5, 0.6) is 5.75 Å². The van der Waals surface area contributed by atoms with Crippen LogP contribution in [0.2, 0.25) is 0 Å². The van der Waals surface area contributed by atoms with Gasteiger partial charge >= 0.3 is 5.97 Å². The van der Waals surface area contributed by atoms with Crippen molar-refractivity contribution in [2.45, 2.75) is 13.0 Å². The van der Waals surface area contributed by atoms with Gasteiger partial charge in [0.2, 0.25) is 0 Å². The molecule has 0 spiro atoms. The summed E-state index contributed by atoms with van der Waals surface area (Å²) < 4.78 is 5.39. The average molecular weight is 231 g/mol. The molecule has 2 rings (SSSR count). The smallest absolute Gasteiger partial charge is 0.344 e. The summed E-state index contributed by atoms with van der Waals surface area (Å²) in [5.41, 5.74) is 6.49. The van der Waals surface area contributed by atoms with Crippen LogP contribution in [-0.2, 0) is 4.79 Å². The first-order valence-electron chi connectivity index (χ1n) is 5.26. The third-order valence-electron chi connectivity index (χ3n) is 2.57. The number of rotatable bonds is 3. The highest BCUT2D eigenvalue weighted by molar-refractivity contribution is 5.97. The van der Waals surface area contributed by atoms with E-state index in [1.165, 1.54) is 6.92 Å². The quantitative estimate of drug-likeness (QED) is 0.795. The lowest BCUT2D eigenvalue weighted by atomic mass is 10.1. The predicted octanol–water partition coefficient (Wildman–Crippen LogP) is 2.27. The fraction of sp³-hybridized carbons (Fsp3) is 0.154. The van der Waals surface area contributed by atoms with E-state index >= 15 is 0 Å². The SMILES string of the molecule is CC(Oc1ccc(N)c2ccccc12)C(=O)O. The first-order chi connectivity index (χ1) is 8.09. The highest BCUT2D eigenvalue weighted by atomic mass is 16.5. The Balaban J connectivity index is 2.48. The second kappa shape index (κ2) is 4.33. The molecular formula is C13H13NO3. The van der Waals surface area contributed by atoms with Crippen LogP contribution in [0.3, 0.4) is 0 Å². The van der Waals surface area contributed by atoms with Crippen LogP contribution in [0, 0.1) is 0 Å². The summed E-state index contributed by atoms with van der Waals surface area (Å²) in [5.74, 6) is -0.462. The summed E-state index contributed by atoms with van der Waals surface area (Å²) in [6.45, 7) is 1.49. The van der Waals surface area contributed by atoms with E-state index in [1.807, 2.05) is 24.3 Å². The molecular weight excluding hydrogens is 218 g/mol. The molecule has 0 amide bonds. The Kier molecular flexibility index (Phi) is 2.87. The molecule has 0 radical (unpaired) electrons. The van der Waals surface area contributed by atoms with E-state index in [-0.39, 0.29) is 0 Å². The van der Waals surface area contributed by atoms with Crippen LogP contribution in [0.4, 0.5) is 5.69 Å². The molecule has 0 saturated heterocycles. The van der Waals surface area contributed by atoms with E-state index in [2.05, 4.69) is 0 Å². The molecule has 4 heteroatoms. The second-order valence-corrected chi connectivity index (χ2v) is 3.80. The normalized spacial score (nSPS) is 12.3. The van der Waals surface area contributed by atoms with Crippen LogP contribution >= 0.6 is 0 Å². The third-order valence-corrected chi connectivity index (χ3v) is 2.57. The largest absolute Gasteiger partial charge is 0.479 e. The molecule has 0 aromatic heterocycles. The lowest BCUT2D eigenvalue weighted by molar-refractivity contribution is -0.144. The number of ether oxygens (including phenoxy) is 1. The van der Waals surface area contributed by atoms with Gasteiger partial charge in [-0.1, -0.05) is 24.3 Å². The number of carboxylic acid groups (broad SMARTS) is 1. The summed E-state index contributed by atoms with van der Waals surface area (Å²) in [6.07, 6.45) is -0.887. The number of anilines is 1. The van der Waals surface area contributed by atoms with E-state index < -0.39 is 12.1 Å². The average Bonchev–Trinajstić information content (AvgIpc) is 2.33. The van der Waals surface area contributed by atoms with Gasteiger partial charge in [-0.15, -0.1) is 0 Å². The van der Waals surface area contributed by atoms with E-state index in [9.17, 15) is 4.79 Å². The Labute approximate surface area is 98.6 Å². The monoisotopic (exact) mass is 231 g/mol. The molecule has 0 aliphatic rings. The molecule has 2 aromatic carbocycles. The minimum absolute atomic E-state index is 0.532. The Hall–Kier alpha value is -2.23. The van der Waals surface area contributed by atoms with Gasteiger partial charge in [-0.05, 0) is 19.1 Å². The molecule has 88 valence electrons. The van der Waals surface area contributed by atoms with Crippen molar-refractivity contribution in [1.82, 2.24) is 0 Å². The highest BCUT2D eigenvalue weighted by Crippen LogP contribution is 2.30. The van der Waals surface area contributed by atoms with E-state index in [4.69, 9.17) is 15.6 Å². The number of hydrogen-bond donors (Lipinski definition) is 2. The maximum Gasteiger partial charge on any atom is 0.344 e. The number of hydrogen-bond acceptors (Lipinski definition) is 3. The van der Waals surface area contributed by atoms with Gasteiger partial charge in [-0.2, -0.15) is 0 Å². The fourth-order valence-corrected chi connectivity index (χ4v) is 1.64. The van der Waals surface area contributed by atoms with Gasteiger partial charge < -0.3 is 15.6 Å². The van der Waals surface area contributed by atoms with Crippen LogP contribution in [0.1, 0.15) is 6.92 Å². The Morgan fingerprint density at radius 1 is 1.24 bits per heavy atom. The highest BCUT2D eigenvalue weighted by Gasteiger charge is 2.14. The van der Waals surface area contributed by atoms with E-state index in [0.29, 0.717) is 11.4 Å². The standard InChI is InChI=1S/C13H13NO3/c1-8(13(15)16)17-12-7-6-11(14)9-4-2-3-5-10(9)12/h2-8H,14H2,1H3,(H,15,16). The number of aliphatic carboxylic acids is 1. The lowest BCUT2D eigenvalue weighted by Crippen LogP contribution is -2.22. The minimum Gasteiger partial charge on any atom is -0.479 e. The number of benzene rings is 2. The lowest BCUT2D eigenvalue weighted by Gasteiger charge is -2.13. The molecule has 0 saturated carbocycles. The Morgan fingerprint density at radius 3 is 2.53 bits per heavy atom. The van der Waals surface area contributed by atoms with Gasteiger partial charge in [0, 0.05) is 16.5 Å². The van der Waals surface area contributed by atoms with Gasteiger partial charge in [0.25, 0.3) is 0 Å². The number of fused-ring (bicyclic) bond motifs is 1. The Bertz CT molecular complexity index is 566. The number of nitrogen functional groups attached to an aromatic ring is 1. The van der Waals surface area contributed by atoms with E-state index in [1.54, 1.807) is 12.1 Å². The number of carbonyl (C=O) groups is 1. The summed E-state index contributed by atoms with van der Waals surface area (Å²) in [4.78, 5) is 10.8. The maximum absolute atomic E-state index is 10.8. The second-order valence-electron chi connectivity index (χ2n) is 3.80. The van der Waals surface area contributed by atoms with Crippen LogP contribution in [-0.4, -0.2) is 17.2 Å². The van der Waals surface area contributed by atoms with E-state index in [0.717, 1.165) is 10.8 Å². The molecule has 0 aliphatic carbocycles. The first kappa shape index (κ1) is 11.3. The van der Waals surface area contributed by atoms with Crippen molar-refractivity contribution >= 4 is 22.4 Å². The fourth-order valence-electron chi connectivity index (χ4n) is 1.64. The van der Waals surface area contributed by atoms with Crippen molar-refractivity contribution in [2.75, 3.05) is 5.73 Å². The zero-order valence-electron chi connectivity index (χ0n) is 9.38. The van der Waals surface area contributed by atoms with Crippen molar-refractivity contribution in [2.24, 2.45) is 0 Å². The van der Waals surface area contributed by atoms with Crippen molar-refractivity contribution < 1.29 is 14.6 Å². The van der Waals surface area contributed by atoms with Gasteiger partial charge in [0.05, 0.1) is 0 Å². The van der Waals surface area contributed by atoms with Crippen LogP contribution in [0.25, 0.3) is 10.8 Å². The van der Waals surface area contributed by atoms with Gasteiger partial charge in [0.15, 0.2) is 6.10 Å². The molecule has 2 aromatic rings. The first-order valence-corrected chi connectivity index (χ1v) is 5.26. The molecule has 0 fully saturated rings. The number of nitrogens with two attached hydrogens (primary N) is 1. The Morgan fingerprint density at radius 2 is 1.88 bits per heavy atom. The summed E-state index contributed by atoms with van der Waals surface area (Å²) in [6, 6.07) is 10.9. The molecule has 1 atom stereocenters. The number of carboxylic acids is 1. The molecule has 3 N–H and O–H groups in total. The third kappa shape index (κ3) is 2.15. The van der Waals surface area contributed by atoms with Crippen molar-refractivity contribution in [3.05, 3.63) is 36.4 Å².